The van der Waals surface area contributed by atoms with Crippen LogP contribution in [0.5, 0.6) is 0 Å². The van der Waals surface area contributed by atoms with Crippen molar-refractivity contribution in [1.82, 2.24) is 10.2 Å². The summed E-state index contributed by atoms with van der Waals surface area (Å²) >= 11 is 0. The second-order valence-electron chi connectivity index (χ2n) is 8.70. The third-order valence-corrected chi connectivity index (χ3v) is 6.23. The Morgan fingerprint density at radius 2 is 1.49 bits per heavy atom. The number of carboxylic acid groups (broad SMARTS) is 1. The summed E-state index contributed by atoms with van der Waals surface area (Å²) in [6.07, 6.45) is 4.00. The fraction of sp³-hybridized carbons (Fsp3) is 0.444. The maximum Gasteiger partial charge on any atom is 0.407 e. The molecule has 0 bridgehead atoms. The van der Waals surface area contributed by atoms with Gasteiger partial charge in [0, 0.05) is 25.4 Å². The van der Waals surface area contributed by atoms with Gasteiger partial charge in [0.05, 0.1) is 6.61 Å². The number of carbonyl (C=O) groups is 3. The van der Waals surface area contributed by atoms with E-state index in [1.807, 2.05) is 24.3 Å². The molecule has 0 fully saturated rings. The summed E-state index contributed by atoms with van der Waals surface area (Å²) in [6, 6.07) is 16.4. The van der Waals surface area contributed by atoms with E-state index in [1.165, 1.54) is 27.2 Å². The summed E-state index contributed by atoms with van der Waals surface area (Å²) < 4.78 is 5.53. The zero-order valence-electron chi connectivity index (χ0n) is 19.9. The highest BCUT2D eigenvalue weighted by Crippen LogP contribution is 2.44. The molecule has 1 aliphatic carbocycles. The number of aliphatic hydroxyl groups is 1. The molecule has 3 N–H and O–H groups in total. The van der Waals surface area contributed by atoms with Gasteiger partial charge in [0.15, 0.2) is 0 Å². The number of carbonyl (C=O) groups excluding carboxylic acids is 2. The maximum atomic E-state index is 12.2. The van der Waals surface area contributed by atoms with Gasteiger partial charge in [-0.1, -0.05) is 67.8 Å². The van der Waals surface area contributed by atoms with Crippen molar-refractivity contribution in [1.29, 1.82) is 0 Å². The van der Waals surface area contributed by atoms with Gasteiger partial charge in [0.1, 0.15) is 13.2 Å². The predicted octanol–water partition coefficient (Wildman–Crippen LogP) is 3.77. The lowest BCUT2D eigenvalue weighted by atomic mass is 9.98. The number of alkyl carbamates (subject to hydrolysis) is 1. The van der Waals surface area contributed by atoms with Crippen LogP contribution in [0, 0.1) is 0 Å². The number of rotatable bonds is 14. The van der Waals surface area contributed by atoms with E-state index in [-0.39, 0.29) is 37.9 Å². The van der Waals surface area contributed by atoms with Gasteiger partial charge in [-0.15, -0.1) is 0 Å². The molecule has 35 heavy (non-hydrogen) atoms. The average Bonchev–Trinajstić information content (AvgIpc) is 3.17. The third kappa shape index (κ3) is 7.55. The Bertz CT molecular complexity index is 963. The number of hydrogen-bond donors (Lipinski definition) is 3. The number of aliphatic hydroxyl groups excluding tert-OH is 1. The van der Waals surface area contributed by atoms with Crippen molar-refractivity contribution in [2.24, 2.45) is 0 Å². The normalized spacial score (nSPS) is 12.0. The van der Waals surface area contributed by atoms with Crippen LogP contribution in [0.1, 0.15) is 55.6 Å². The van der Waals surface area contributed by atoms with Crippen LogP contribution in [-0.4, -0.2) is 65.9 Å². The largest absolute Gasteiger partial charge is 0.480 e. The van der Waals surface area contributed by atoms with E-state index in [1.54, 1.807) is 0 Å². The zero-order valence-corrected chi connectivity index (χ0v) is 19.9. The minimum atomic E-state index is -1.09. The highest BCUT2D eigenvalue weighted by molar-refractivity contribution is 5.81. The van der Waals surface area contributed by atoms with Crippen molar-refractivity contribution >= 4 is 18.0 Å². The highest BCUT2D eigenvalue weighted by Gasteiger charge is 2.28. The number of hydrogen-bond acceptors (Lipinski definition) is 5. The van der Waals surface area contributed by atoms with Crippen molar-refractivity contribution in [3.63, 3.8) is 0 Å². The molecule has 3 rings (SSSR count). The molecule has 0 aromatic heterocycles. The number of nitrogens with one attached hydrogen (secondary N) is 1. The molecule has 8 nitrogen and oxygen atoms in total. The Morgan fingerprint density at radius 3 is 2.11 bits per heavy atom. The van der Waals surface area contributed by atoms with Gasteiger partial charge in [0.2, 0.25) is 5.91 Å². The highest BCUT2D eigenvalue weighted by atomic mass is 16.5. The van der Waals surface area contributed by atoms with Crippen LogP contribution >= 0.6 is 0 Å². The smallest absolute Gasteiger partial charge is 0.407 e. The molecule has 0 radical (unpaired) electrons. The van der Waals surface area contributed by atoms with Gasteiger partial charge in [-0.05, 0) is 35.1 Å². The van der Waals surface area contributed by atoms with Crippen LogP contribution in [0.2, 0.25) is 0 Å². The molecule has 2 aromatic carbocycles. The summed E-state index contributed by atoms with van der Waals surface area (Å²) in [5.41, 5.74) is 4.76. The van der Waals surface area contributed by atoms with E-state index in [0.29, 0.717) is 19.6 Å². The lowest BCUT2D eigenvalue weighted by molar-refractivity contribution is -0.144. The number of benzene rings is 2. The summed E-state index contributed by atoms with van der Waals surface area (Å²) in [4.78, 5) is 36.2. The van der Waals surface area contributed by atoms with Gasteiger partial charge in [-0.3, -0.25) is 9.59 Å². The molecule has 0 aliphatic heterocycles. The molecule has 188 valence electrons. The zero-order chi connectivity index (χ0) is 25.0. The first-order chi connectivity index (χ1) is 17.0. The number of ether oxygens (including phenoxy) is 1. The van der Waals surface area contributed by atoms with E-state index < -0.39 is 12.1 Å². The number of unbranched alkanes of at least 4 members (excludes halogenated alkanes) is 4. The van der Waals surface area contributed by atoms with E-state index in [9.17, 15) is 14.4 Å². The van der Waals surface area contributed by atoms with Crippen LogP contribution in [0.3, 0.4) is 0 Å². The molecule has 1 aliphatic rings. The first-order valence-corrected chi connectivity index (χ1v) is 12.2. The van der Waals surface area contributed by atoms with Gasteiger partial charge in [-0.25, -0.2) is 4.79 Å². The Kier molecular flexibility index (Phi) is 10.1. The predicted molar refractivity (Wildman–Crippen MR) is 132 cm³/mol. The van der Waals surface area contributed by atoms with Crippen LogP contribution < -0.4 is 5.32 Å². The summed E-state index contributed by atoms with van der Waals surface area (Å²) in [7, 11) is 0. The fourth-order valence-electron chi connectivity index (χ4n) is 4.51. The molecule has 0 unspecified atom stereocenters. The molecular formula is C27H34N2O6. The van der Waals surface area contributed by atoms with Crippen LogP contribution in [0.4, 0.5) is 4.79 Å². The van der Waals surface area contributed by atoms with Crippen LogP contribution in [0.25, 0.3) is 11.1 Å². The van der Waals surface area contributed by atoms with Gasteiger partial charge in [0.25, 0.3) is 0 Å². The van der Waals surface area contributed by atoms with Crippen molar-refractivity contribution in [2.45, 2.75) is 44.4 Å². The van der Waals surface area contributed by atoms with Crippen molar-refractivity contribution in [3.8, 4) is 11.1 Å². The maximum absolute atomic E-state index is 12.2. The molecule has 0 atom stereocenters. The second kappa shape index (κ2) is 13.5. The standard InChI is InChI=1S/C27H34N2O6/c30-17-16-29(18-26(32)33)25(31)14-4-2-1-3-9-15-28-27(34)35-19-24-22-12-7-5-10-20(22)21-11-6-8-13-23(21)24/h5-8,10-13,24,30H,1-4,9,14-19H2,(H,28,34)(H,32,33). The van der Waals surface area contributed by atoms with Gasteiger partial charge in [-0.2, -0.15) is 0 Å². The summed E-state index contributed by atoms with van der Waals surface area (Å²) in [5.74, 6) is -1.30. The van der Waals surface area contributed by atoms with E-state index in [0.717, 1.165) is 25.7 Å². The molecule has 8 heteroatoms. The number of nitrogens with zero attached hydrogens (tertiary/aromatic N) is 1. The minimum absolute atomic E-state index is 0.0344. The molecule has 0 spiro atoms. The van der Waals surface area contributed by atoms with E-state index in [2.05, 4.69) is 29.6 Å². The van der Waals surface area contributed by atoms with Crippen molar-refractivity contribution in [2.75, 3.05) is 32.8 Å². The lowest BCUT2D eigenvalue weighted by Gasteiger charge is -2.19. The molecule has 0 saturated heterocycles. The van der Waals surface area contributed by atoms with Gasteiger partial charge >= 0.3 is 12.1 Å². The Labute approximate surface area is 205 Å². The van der Waals surface area contributed by atoms with Crippen LogP contribution in [0.15, 0.2) is 48.5 Å². The molecule has 2 amide bonds. The molecular weight excluding hydrogens is 448 g/mol. The monoisotopic (exact) mass is 482 g/mol. The molecule has 0 heterocycles. The Morgan fingerprint density at radius 1 is 0.886 bits per heavy atom. The number of carboxylic acids is 1. The third-order valence-electron chi connectivity index (χ3n) is 6.23. The number of fused-ring (bicyclic) bond motifs is 3. The summed E-state index contributed by atoms with van der Waals surface area (Å²) in [6.45, 7) is 0.213. The average molecular weight is 483 g/mol. The first-order valence-electron chi connectivity index (χ1n) is 12.2. The van der Waals surface area contributed by atoms with Crippen LogP contribution in [-0.2, 0) is 14.3 Å². The van der Waals surface area contributed by atoms with E-state index >= 15 is 0 Å². The molecule has 2 aromatic rings. The Hall–Kier alpha value is -3.39. The second-order valence-corrected chi connectivity index (χ2v) is 8.70. The first kappa shape index (κ1) is 26.2. The number of aliphatic carboxylic acids is 1. The minimum Gasteiger partial charge on any atom is -0.480 e. The topological polar surface area (TPSA) is 116 Å². The summed E-state index contributed by atoms with van der Waals surface area (Å²) in [5, 5.41) is 20.6. The Balaban J connectivity index is 1.28. The van der Waals surface area contributed by atoms with E-state index in [4.69, 9.17) is 14.9 Å². The fourth-order valence-corrected chi connectivity index (χ4v) is 4.51. The number of amides is 2. The van der Waals surface area contributed by atoms with Gasteiger partial charge < -0.3 is 25.2 Å². The van der Waals surface area contributed by atoms with Crippen molar-refractivity contribution < 1.29 is 29.3 Å². The molecule has 0 saturated carbocycles. The quantitative estimate of drug-likeness (QED) is 0.353. The lowest BCUT2D eigenvalue weighted by Crippen LogP contribution is -2.37. The van der Waals surface area contributed by atoms with Crippen molar-refractivity contribution in [3.05, 3.63) is 59.7 Å². The SMILES string of the molecule is O=C(O)CN(CCO)C(=O)CCCCCCCNC(=O)OCC1c2ccccc2-c2ccccc21.